The van der Waals surface area contributed by atoms with Gasteiger partial charge in [0.1, 0.15) is 0 Å². The van der Waals surface area contributed by atoms with Crippen molar-refractivity contribution in [1.29, 1.82) is 0 Å². The number of amides is 2. The van der Waals surface area contributed by atoms with E-state index in [1.807, 2.05) is 0 Å². The average molecular weight is 235 g/mol. The van der Waals surface area contributed by atoms with Crippen LogP contribution >= 0.6 is 0 Å². The molecule has 17 heavy (non-hydrogen) atoms. The third-order valence-electron chi connectivity index (χ3n) is 2.31. The molecule has 5 nitrogen and oxygen atoms in total. The van der Waals surface area contributed by atoms with E-state index in [9.17, 15) is 9.59 Å². The zero-order valence-electron chi connectivity index (χ0n) is 9.61. The number of carbonyl (C=O) groups excluding carboxylic acids is 2. The molecule has 0 aliphatic carbocycles. The Balaban J connectivity index is 2.46. The Kier molecular flexibility index (Phi) is 5.16. The predicted octanol–water partition coefficient (Wildman–Crippen LogP) is 0.853. The van der Waals surface area contributed by atoms with Gasteiger partial charge in [-0.2, -0.15) is 0 Å². The smallest absolute Gasteiger partial charge is 0.248 e. The van der Waals surface area contributed by atoms with Gasteiger partial charge in [-0.15, -0.1) is 0 Å². The van der Waals surface area contributed by atoms with Crippen molar-refractivity contribution in [3.05, 3.63) is 29.8 Å². The Morgan fingerprint density at radius 1 is 1.12 bits per heavy atom. The quantitative estimate of drug-likeness (QED) is 0.637. The number of nitrogens with two attached hydrogens (primary N) is 2. The van der Waals surface area contributed by atoms with Crippen LogP contribution in [0.2, 0.25) is 0 Å². The molecule has 0 saturated heterocycles. The Labute approximate surface area is 100 Å². The van der Waals surface area contributed by atoms with Crippen LogP contribution in [0.1, 0.15) is 29.6 Å². The molecule has 92 valence electrons. The van der Waals surface area contributed by atoms with Crippen LogP contribution in [-0.2, 0) is 4.79 Å². The van der Waals surface area contributed by atoms with Crippen LogP contribution in [-0.4, -0.2) is 18.4 Å². The molecular formula is C12H17N3O2. The predicted molar refractivity (Wildman–Crippen MR) is 66.5 cm³/mol. The summed E-state index contributed by atoms with van der Waals surface area (Å²) in [5.41, 5.74) is 11.5. The van der Waals surface area contributed by atoms with Crippen molar-refractivity contribution in [1.82, 2.24) is 0 Å². The lowest BCUT2D eigenvalue weighted by Gasteiger charge is -2.05. The number of benzene rings is 1. The summed E-state index contributed by atoms with van der Waals surface area (Å²) in [5.74, 6) is -0.531. The van der Waals surface area contributed by atoms with Crippen LogP contribution in [0.5, 0.6) is 0 Å². The lowest BCUT2D eigenvalue weighted by Crippen LogP contribution is -2.13. The number of anilines is 1. The van der Waals surface area contributed by atoms with E-state index >= 15 is 0 Å². The van der Waals surface area contributed by atoms with Crippen molar-refractivity contribution in [2.75, 3.05) is 11.9 Å². The van der Waals surface area contributed by atoms with Gasteiger partial charge < -0.3 is 16.8 Å². The summed E-state index contributed by atoms with van der Waals surface area (Å²) in [6.45, 7) is 0.598. The first-order valence-electron chi connectivity index (χ1n) is 5.53. The first kappa shape index (κ1) is 13.2. The summed E-state index contributed by atoms with van der Waals surface area (Å²) in [6.07, 6.45) is 2.07. The average Bonchev–Trinajstić information content (AvgIpc) is 2.30. The topological polar surface area (TPSA) is 98.2 Å². The van der Waals surface area contributed by atoms with E-state index in [-0.39, 0.29) is 5.91 Å². The van der Waals surface area contributed by atoms with Crippen LogP contribution in [0.15, 0.2) is 24.3 Å². The molecule has 0 bridgehead atoms. The summed E-state index contributed by atoms with van der Waals surface area (Å²) in [6, 6.07) is 6.47. The summed E-state index contributed by atoms with van der Waals surface area (Å²) < 4.78 is 0. The fourth-order valence-electron chi connectivity index (χ4n) is 1.37. The molecule has 0 radical (unpaired) electrons. The van der Waals surface area contributed by atoms with Gasteiger partial charge in [0.2, 0.25) is 11.8 Å². The van der Waals surface area contributed by atoms with Crippen molar-refractivity contribution in [2.45, 2.75) is 19.3 Å². The maximum atomic E-state index is 11.5. The molecule has 0 fully saturated rings. The number of unbranched alkanes of at least 4 members (excludes halogenated alkanes) is 1. The van der Waals surface area contributed by atoms with E-state index < -0.39 is 5.91 Å². The Hall–Kier alpha value is -1.88. The largest absolute Gasteiger partial charge is 0.366 e. The molecule has 1 aromatic rings. The van der Waals surface area contributed by atoms with Gasteiger partial charge in [-0.05, 0) is 43.7 Å². The molecule has 1 aromatic carbocycles. The summed E-state index contributed by atoms with van der Waals surface area (Å²) in [5, 5.41) is 2.74. The van der Waals surface area contributed by atoms with Gasteiger partial charge in [0.05, 0.1) is 0 Å². The summed E-state index contributed by atoms with van der Waals surface area (Å²) in [4.78, 5) is 22.3. The van der Waals surface area contributed by atoms with E-state index in [4.69, 9.17) is 11.5 Å². The second-order valence-electron chi connectivity index (χ2n) is 3.74. The summed E-state index contributed by atoms with van der Waals surface area (Å²) in [7, 11) is 0. The molecule has 0 aliphatic rings. The maximum Gasteiger partial charge on any atom is 0.248 e. The Morgan fingerprint density at radius 3 is 2.29 bits per heavy atom. The lowest BCUT2D eigenvalue weighted by molar-refractivity contribution is -0.116. The van der Waals surface area contributed by atoms with E-state index in [0.29, 0.717) is 24.2 Å². The number of primary amides is 1. The molecular weight excluding hydrogens is 218 g/mol. The SMILES string of the molecule is NCCCCC(=O)Nc1ccc(C(N)=O)cc1. The van der Waals surface area contributed by atoms with Crippen molar-refractivity contribution >= 4 is 17.5 Å². The van der Waals surface area contributed by atoms with Crippen LogP contribution in [0, 0.1) is 0 Å². The highest BCUT2D eigenvalue weighted by molar-refractivity contribution is 5.94. The van der Waals surface area contributed by atoms with E-state index in [2.05, 4.69) is 5.32 Å². The van der Waals surface area contributed by atoms with Gasteiger partial charge in [0.15, 0.2) is 0 Å². The normalized spacial score (nSPS) is 9.94. The highest BCUT2D eigenvalue weighted by Gasteiger charge is 2.03. The van der Waals surface area contributed by atoms with Gasteiger partial charge in [-0.25, -0.2) is 0 Å². The minimum Gasteiger partial charge on any atom is -0.366 e. The molecule has 5 heteroatoms. The van der Waals surface area contributed by atoms with Crippen LogP contribution in [0.25, 0.3) is 0 Å². The van der Waals surface area contributed by atoms with Gasteiger partial charge in [0.25, 0.3) is 0 Å². The first-order valence-corrected chi connectivity index (χ1v) is 5.53. The highest BCUT2D eigenvalue weighted by Crippen LogP contribution is 2.10. The second-order valence-corrected chi connectivity index (χ2v) is 3.74. The zero-order chi connectivity index (χ0) is 12.7. The number of nitrogens with one attached hydrogen (secondary N) is 1. The molecule has 0 unspecified atom stereocenters. The van der Waals surface area contributed by atoms with Crippen LogP contribution in [0.3, 0.4) is 0 Å². The monoisotopic (exact) mass is 235 g/mol. The summed E-state index contributed by atoms with van der Waals surface area (Å²) >= 11 is 0. The van der Waals surface area contributed by atoms with Crippen LogP contribution in [0.4, 0.5) is 5.69 Å². The molecule has 0 saturated carbocycles. The van der Waals surface area contributed by atoms with Gasteiger partial charge >= 0.3 is 0 Å². The standard InChI is InChI=1S/C12H17N3O2/c13-8-2-1-3-11(16)15-10-6-4-9(5-7-10)12(14)17/h4-7H,1-3,8,13H2,(H2,14,17)(H,15,16). The fraction of sp³-hybridized carbons (Fsp3) is 0.333. The highest BCUT2D eigenvalue weighted by atomic mass is 16.1. The molecule has 1 rings (SSSR count). The van der Waals surface area contributed by atoms with Crippen molar-refractivity contribution in [2.24, 2.45) is 11.5 Å². The van der Waals surface area contributed by atoms with Crippen molar-refractivity contribution in [3.8, 4) is 0 Å². The minimum absolute atomic E-state index is 0.0507. The minimum atomic E-state index is -0.481. The number of hydrogen-bond donors (Lipinski definition) is 3. The number of carbonyl (C=O) groups is 2. The Morgan fingerprint density at radius 2 is 1.76 bits per heavy atom. The number of hydrogen-bond acceptors (Lipinski definition) is 3. The molecule has 5 N–H and O–H groups in total. The third kappa shape index (κ3) is 4.65. The van der Waals surface area contributed by atoms with E-state index in [0.717, 1.165) is 12.8 Å². The third-order valence-corrected chi connectivity index (χ3v) is 2.31. The second kappa shape index (κ2) is 6.65. The molecule has 0 atom stereocenters. The van der Waals surface area contributed by atoms with Gasteiger partial charge in [-0.1, -0.05) is 0 Å². The molecule has 0 aliphatic heterocycles. The lowest BCUT2D eigenvalue weighted by atomic mass is 10.2. The van der Waals surface area contributed by atoms with Gasteiger partial charge in [-0.3, -0.25) is 9.59 Å². The molecule has 0 heterocycles. The zero-order valence-corrected chi connectivity index (χ0v) is 9.61. The van der Waals surface area contributed by atoms with E-state index in [1.54, 1.807) is 24.3 Å². The van der Waals surface area contributed by atoms with Crippen molar-refractivity contribution in [3.63, 3.8) is 0 Å². The number of rotatable bonds is 6. The maximum absolute atomic E-state index is 11.5. The molecule has 0 spiro atoms. The van der Waals surface area contributed by atoms with E-state index in [1.165, 1.54) is 0 Å². The van der Waals surface area contributed by atoms with Crippen LogP contribution < -0.4 is 16.8 Å². The van der Waals surface area contributed by atoms with Gasteiger partial charge in [0, 0.05) is 17.7 Å². The Bertz CT molecular complexity index is 387. The molecule has 0 aromatic heterocycles. The first-order chi connectivity index (χ1) is 8.13. The molecule has 2 amide bonds. The fourth-order valence-corrected chi connectivity index (χ4v) is 1.37. The van der Waals surface area contributed by atoms with Crippen molar-refractivity contribution < 1.29 is 9.59 Å².